The quantitative estimate of drug-likeness (QED) is 0.579. The summed E-state index contributed by atoms with van der Waals surface area (Å²) < 4.78 is 0. The van der Waals surface area contributed by atoms with Crippen molar-refractivity contribution >= 4 is 17.5 Å². The van der Waals surface area contributed by atoms with Gasteiger partial charge in [0.1, 0.15) is 0 Å². The molecule has 0 atom stereocenters. The highest BCUT2D eigenvalue weighted by atomic mass is 32.2. The number of thioether (sulfide) groups is 1. The van der Waals surface area contributed by atoms with E-state index in [1.165, 1.54) is 11.8 Å². The van der Waals surface area contributed by atoms with Gasteiger partial charge in [-0.1, -0.05) is 42.1 Å². The standard InChI is InChI=1S/C15H12N4OS/c20-13(11-5-2-1-3-6-11)10-21-15-17-14(18-19-15)12-7-4-8-16-9-12/h1-9H,10H2,(H,17,18,19). The zero-order valence-corrected chi connectivity index (χ0v) is 11.9. The third-order valence-corrected chi connectivity index (χ3v) is 3.68. The predicted molar refractivity (Wildman–Crippen MR) is 81.1 cm³/mol. The van der Waals surface area contributed by atoms with Crippen molar-refractivity contribution in [3.8, 4) is 11.4 Å². The number of hydrogen-bond donors (Lipinski definition) is 1. The lowest BCUT2D eigenvalue weighted by atomic mass is 10.2. The number of carbonyl (C=O) groups is 1. The van der Waals surface area contributed by atoms with Crippen LogP contribution in [0.4, 0.5) is 0 Å². The topological polar surface area (TPSA) is 71.5 Å². The number of rotatable bonds is 5. The van der Waals surface area contributed by atoms with E-state index in [1.54, 1.807) is 12.4 Å². The van der Waals surface area contributed by atoms with Crippen molar-refractivity contribution in [3.05, 3.63) is 60.4 Å². The molecular formula is C15H12N4OS. The highest BCUT2D eigenvalue weighted by molar-refractivity contribution is 7.99. The third kappa shape index (κ3) is 3.35. The average Bonchev–Trinajstić information content (AvgIpc) is 3.03. The molecule has 3 aromatic rings. The van der Waals surface area contributed by atoms with E-state index in [9.17, 15) is 4.79 Å². The highest BCUT2D eigenvalue weighted by Crippen LogP contribution is 2.19. The van der Waals surface area contributed by atoms with Gasteiger partial charge in [0.25, 0.3) is 0 Å². The van der Waals surface area contributed by atoms with Gasteiger partial charge >= 0.3 is 0 Å². The Kier molecular flexibility index (Phi) is 4.07. The fourth-order valence-electron chi connectivity index (χ4n) is 1.78. The second-order valence-corrected chi connectivity index (χ2v) is 5.23. The van der Waals surface area contributed by atoms with Gasteiger partial charge in [0.15, 0.2) is 11.6 Å². The molecule has 21 heavy (non-hydrogen) atoms. The molecule has 0 unspecified atom stereocenters. The number of nitrogens with zero attached hydrogens (tertiary/aromatic N) is 3. The first-order valence-corrected chi connectivity index (χ1v) is 7.35. The van der Waals surface area contributed by atoms with E-state index < -0.39 is 0 Å². The summed E-state index contributed by atoms with van der Waals surface area (Å²) in [6.45, 7) is 0. The summed E-state index contributed by atoms with van der Waals surface area (Å²) in [4.78, 5) is 20.4. The van der Waals surface area contributed by atoms with Crippen LogP contribution in [0, 0.1) is 0 Å². The Morgan fingerprint density at radius 1 is 1.14 bits per heavy atom. The average molecular weight is 296 g/mol. The van der Waals surface area contributed by atoms with Crippen LogP contribution in [0.25, 0.3) is 11.4 Å². The van der Waals surface area contributed by atoms with Gasteiger partial charge in [0.2, 0.25) is 5.16 Å². The van der Waals surface area contributed by atoms with Crippen molar-refractivity contribution in [2.24, 2.45) is 0 Å². The van der Waals surface area contributed by atoms with E-state index in [1.807, 2.05) is 42.5 Å². The van der Waals surface area contributed by atoms with Crippen molar-refractivity contribution in [2.75, 3.05) is 5.75 Å². The van der Waals surface area contributed by atoms with E-state index in [0.717, 1.165) is 5.56 Å². The van der Waals surface area contributed by atoms with Crippen molar-refractivity contribution in [3.63, 3.8) is 0 Å². The normalized spacial score (nSPS) is 10.5. The maximum Gasteiger partial charge on any atom is 0.209 e. The molecule has 0 saturated heterocycles. The Balaban J connectivity index is 1.64. The predicted octanol–water partition coefficient (Wildman–Crippen LogP) is 2.84. The van der Waals surface area contributed by atoms with E-state index in [4.69, 9.17) is 0 Å². The number of ketones is 1. The first-order chi connectivity index (χ1) is 10.3. The molecule has 2 heterocycles. The number of carbonyl (C=O) groups excluding carboxylic acids is 1. The smallest absolute Gasteiger partial charge is 0.209 e. The van der Waals surface area contributed by atoms with E-state index >= 15 is 0 Å². The molecule has 0 fully saturated rings. The number of aromatic nitrogens is 4. The fourth-order valence-corrected chi connectivity index (χ4v) is 2.47. The highest BCUT2D eigenvalue weighted by Gasteiger charge is 2.10. The van der Waals surface area contributed by atoms with Crippen LogP contribution in [0.3, 0.4) is 0 Å². The molecule has 0 bridgehead atoms. The number of H-pyrrole nitrogens is 1. The monoisotopic (exact) mass is 296 g/mol. The molecule has 6 heteroatoms. The molecule has 0 radical (unpaired) electrons. The Hall–Kier alpha value is -2.47. The van der Waals surface area contributed by atoms with Crippen molar-refractivity contribution in [1.29, 1.82) is 0 Å². The Morgan fingerprint density at radius 2 is 2.00 bits per heavy atom. The summed E-state index contributed by atoms with van der Waals surface area (Å²) in [6, 6.07) is 12.9. The third-order valence-electron chi connectivity index (χ3n) is 2.83. The molecule has 1 N–H and O–H groups in total. The Bertz CT molecular complexity index is 728. The van der Waals surface area contributed by atoms with Crippen molar-refractivity contribution < 1.29 is 4.79 Å². The number of aromatic amines is 1. The largest absolute Gasteiger partial charge is 0.293 e. The van der Waals surface area contributed by atoms with E-state index in [2.05, 4.69) is 20.2 Å². The van der Waals surface area contributed by atoms with Crippen LogP contribution in [-0.4, -0.2) is 31.7 Å². The first-order valence-electron chi connectivity index (χ1n) is 6.37. The molecule has 104 valence electrons. The van der Waals surface area contributed by atoms with Crippen LogP contribution in [0.1, 0.15) is 10.4 Å². The Labute approximate surface area is 125 Å². The Morgan fingerprint density at radius 3 is 2.76 bits per heavy atom. The van der Waals surface area contributed by atoms with Crippen molar-refractivity contribution in [2.45, 2.75) is 5.16 Å². The lowest BCUT2D eigenvalue weighted by Gasteiger charge is -1.97. The van der Waals surface area contributed by atoms with Gasteiger partial charge in [-0.15, -0.1) is 5.10 Å². The molecule has 0 aliphatic heterocycles. The van der Waals surface area contributed by atoms with E-state index in [-0.39, 0.29) is 5.78 Å². The summed E-state index contributed by atoms with van der Waals surface area (Å²) in [5.41, 5.74) is 1.57. The number of hydrogen-bond acceptors (Lipinski definition) is 5. The van der Waals surface area contributed by atoms with Gasteiger partial charge in [0.05, 0.1) is 5.75 Å². The molecule has 3 rings (SSSR count). The molecule has 0 amide bonds. The van der Waals surface area contributed by atoms with Crippen LogP contribution in [-0.2, 0) is 0 Å². The van der Waals surface area contributed by atoms with Crippen LogP contribution >= 0.6 is 11.8 Å². The van der Waals surface area contributed by atoms with E-state index in [0.29, 0.717) is 22.3 Å². The van der Waals surface area contributed by atoms with Crippen LogP contribution in [0.2, 0.25) is 0 Å². The first kappa shape index (κ1) is 13.5. The van der Waals surface area contributed by atoms with Crippen LogP contribution in [0.5, 0.6) is 0 Å². The number of benzene rings is 1. The van der Waals surface area contributed by atoms with Gasteiger partial charge < -0.3 is 0 Å². The summed E-state index contributed by atoms with van der Waals surface area (Å²) >= 11 is 1.32. The molecule has 0 saturated carbocycles. The van der Waals surface area contributed by atoms with Crippen molar-refractivity contribution in [1.82, 2.24) is 20.2 Å². The molecule has 5 nitrogen and oxygen atoms in total. The van der Waals surface area contributed by atoms with Gasteiger partial charge in [-0.25, -0.2) is 4.98 Å². The summed E-state index contributed by atoms with van der Waals surface area (Å²) in [5.74, 6) is 1.03. The minimum absolute atomic E-state index is 0.0633. The lowest BCUT2D eigenvalue weighted by molar-refractivity contribution is 0.102. The summed E-state index contributed by atoms with van der Waals surface area (Å²) in [7, 11) is 0. The lowest BCUT2D eigenvalue weighted by Crippen LogP contribution is -2.01. The minimum atomic E-state index is 0.0633. The number of Topliss-reactive ketones (excluding diaryl/α,β-unsaturated/α-hetero) is 1. The molecule has 1 aromatic carbocycles. The maximum absolute atomic E-state index is 12.0. The molecule has 0 spiro atoms. The fraction of sp³-hybridized carbons (Fsp3) is 0.0667. The van der Waals surface area contributed by atoms with Gasteiger partial charge in [0, 0.05) is 23.5 Å². The number of nitrogens with one attached hydrogen (secondary N) is 1. The zero-order chi connectivity index (χ0) is 14.5. The second-order valence-electron chi connectivity index (χ2n) is 4.29. The maximum atomic E-state index is 12.0. The SMILES string of the molecule is O=C(CSc1n[nH]c(-c2cccnc2)n1)c1ccccc1. The van der Waals surface area contributed by atoms with Gasteiger partial charge in [-0.05, 0) is 12.1 Å². The summed E-state index contributed by atoms with van der Waals surface area (Å²) in [6.07, 6.45) is 3.41. The molecule has 0 aliphatic carbocycles. The molecular weight excluding hydrogens is 284 g/mol. The van der Waals surface area contributed by atoms with Crippen LogP contribution < -0.4 is 0 Å². The van der Waals surface area contributed by atoms with Crippen LogP contribution in [0.15, 0.2) is 60.0 Å². The molecule has 2 aromatic heterocycles. The molecule has 0 aliphatic rings. The minimum Gasteiger partial charge on any atom is -0.293 e. The number of pyridine rings is 1. The zero-order valence-electron chi connectivity index (χ0n) is 11.1. The van der Waals surface area contributed by atoms with Gasteiger partial charge in [-0.3, -0.25) is 14.9 Å². The summed E-state index contributed by atoms with van der Waals surface area (Å²) in [5, 5.41) is 7.51. The second kappa shape index (κ2) is 6.32. The van der Waals surface area contributed by atoms with Gasteiger partial charge in [-0.2, -0.15) is 0 Å².